The molecule has 0 saturated carbocycles. The van der Waals surface area contributed by atoms with Gasteiger partial charge in [0.2, 0.25) is 0 Å². The van der Waals surface area contributed by atoms with Crippen molar-refractivity contribution in [3.05, 3.63) is 29.6 Å². The van der Waals surface area contributed by atoms with E-state index in [2.05, 4.69) is 19.2 Å². The molecule has 1 aromatic carbocycles. The van der Waals surface area contributed by atoms with Crippen LogP contribution in [0.2, 0.25) is 0 Å². The van der Waals surface area contributed by atoms with Gasteiger partial charge in [-0.05, 0) is 30.2 Å². The van der Waals surface area contributed by atoms with E-state index in [1.165, 1.54) is 0 Å². The van der Waals surface area contributed by atoms with Gasteiger partial charge < -0.3 is 15.3 Å². The monoisotopic (exact) mass is 254 g/mol. The van der Waals surface area contributed by atoms with Crippen LogP contribution in [0.15, 0.2) is 18.2 Å². The number of nitrogens with zero attached hydrogens (tertiary/aromatic N) is 1. The Balaban J connectivity index is 2.61. The van der Waals surface area contributed by atoms with Crippen molar-refractivity contribution in [2.24, 2.45) is 5.92 Å². The van der Waals surface area contributed by atoms with Gasteiger partial charge in [0.15, 0.2) is 0 Å². The summed E-state index contributed by atoms with van der Waals surface area (Å²) in [6.45, 7) is 6.34. The molecule has 0 saturated heterocycles. The molecular weight excluding hydrogens is 231 g/mol. The highest BCUT2D eigenvalue weighted by Gasteiger charge is 2.07. The molecular formula is C14H23FN2O. The third kappa shape index (κ3) is 4.63. The standard InChI is InChI=1S/C14H23FN2O/c1-11(2)9-16-10-12-4-5-14(13(15)8-12)17(3)6-7-18/h4-5,8,11,16,18H,6-7,9-10H2,1-3H3. The molecule has 18 heavy (non-hydrogen) atoms. The summed E-state index contributed by atoms with van der Waals surface area (Å²) < 4.78 is 13.9. The number of aliphatic hydroxyl groups excluding tert-OH is 1. The Hall–Kier alpha value is -1.13. The summed E-state index contributed by atoms with van der Waals surface area (Å²) in [7, 11) is 1.77. The van der Waals surface area contributed by atoms with Gasteiger partial charge in [-0.2, -0.15) is 0 Å². The van der Waals surface area contributed by atoms with E-state index in [1.807, 2.05) is 6.07 Å². The van der Waals surface area contributed by atoms with Gasteiger partial charge in [0.25, 0.3) is 0 Å². The number of hydrogen-bond acceptors (Lipinski definition) is 3. The van der Waals surface area contributed by atoms with Crippen molar-refractivity contribution in [3.63, 3.8) is 0 Å². The van der Waals surface area contributed by atoms with Crippen molar-refractivity contribution in [2.45, 2.75) is 20.4 Å². The highest BCUT2D eigenvalue weighted by atomic mass is 19.1. The molecule has 2 N–H and O–H groups in total. The SMILES string of the molecule is CC(C)CNCc1ccc(N(C)CCO)c(F)c1. The summed E-state index contributed by atoms with van der Waals surface area (Å²) in [5.41, 5.74) is 1.46. The Morgan fingerprint density at radius 3 is 2.67 bits per heavy atom. The zero-order valence-corrected chi connectivity index (χ0v) is 11.4. The first-order chi connectivity index (χ1) is 8.54. The molecule has 0 fully saturated rings. The van der Waals surface area contributed by atoms with Crippen molar-refractivity contribution >= 4 is 5.69 Å². The lowest BCUT2D eigenvalue weighted by Gasteiger charge is -2.19. The molecule has 0 bridgehead atoms. The van der Waals surface area contributed by atoms with Gasteiger partial charge in [0.1, 0.15) is 5.82 Å². The third-order valence-corrected chi connectivity index (χ3v) is 2.74. The maximum absolute atomic E-state index is 13.9. The molecule has 0 aliphatic rings. The molecule has 0 aromatic heterocycles. The summed E-state index contributed by atoms with van der Waals surface area (Å²) in [5, 5.41) is 12.1. The third-order valence-electron chi connectivity index (χ3n) is 2.74. The zero-order chi connectivity index (χ0) is 13.5. The van der Waals surface area contributed by atoms with Crippen molar-refractivity contribution < 1.29 is 9.50 Å². The molecule has 102 valence electrons. The Bertz CT molecular complexity index is 369. The minimum atomic E-state index is -0.241. The first-order valence-electron chi connectivity index (χ1n) is 6.35. The van der Waals surface area contributed by atoms with Crippen LogP contribution in [0.4, 0.5) is 10.1 Å². The summed E-state index contributed by atoms with van der Waals surface area (Å²) >= 11 is 0. The number of rotatable bonds is 7. The molecule has 0 atom stereocenters. The largest absolute Gasteiger partial charge is 0.395 e. The van der Waals surface area contributed by atoms with Crippen molar-refractivity contribution in [3.8, 4) is 0 Å². The Labute approximate surface area is 109 Å². The highest BCUT2D eigenvalue weighted by molar-refractivity contribution is 5.48. The van der Waals surface area contributed by atoms with Crippen molar-refractivity contribution in [1.29, 1.82) is 0 Å². The van der Waals surface area contributed by atoms with E-state index in [1.54, 1.807) is 24.1 Å². The lowest BCUT2D eigenvalue weighted by molar-refractivity contribution is 0.304. The van der Waals surface area contributed by atoms with E-state index in [-0.39, 0.29) is 12.4 Å². The quantitative estimate of drug-likeness (QED) is 0.781. The molecule has 0 radical (unpaired) electrons. The predicted molar refractivity (Wildman–Crippen MR) is 73.3 cm³/mol. The molecule has 1 rings (SSSR count). The lowest BCUT2D eigenvalue weighted by atomic mass is 10.1. The second kappa shape index (κ2) is 7.34. The Kier molecular flexibility index (Phi) is 6.09. The normalized spacial score (nSPS) is 11.0. The van der Waals surface area contributed by atoms with E-state index in [0.717, 1.165) is 12.1 Å². The molecule has 1 aromatic rings. The summed E-state index contributed by atoms with van der Waals surface area (Å²) in [6.07, 6.45) is 0. The molecule has 0 aliphatic carbocycles. The van der Waals surface area contributed by atoms with E-state index in [4.69, 9.17) is 5.11 Å². The van der Waals surface area contributed by atoms with Crippen LogP contribution in [0.5, 0.6) is 0 Å². The summed E-state index contributed by atoms with van der Waals surface area (Å²) in [6, 6.07) is 5.23. The molecule has 3 nitrogen and oxygen atoms in total. The van der Waals surface area contributed by atoms with Crippen LogP contribution in [0.3, 0.4) is 0 Å². The van der Waals surface area contributed by atoms with Crippen LogP contribution >= 0.6 is 0 Å². The van der Waals surface area contributed by atoms with Gasteiger partial charge in [-0.1, -0.05) is 19.9 Å². The second-order valence-corrected chi connectivity index (χ2v) is 4.96. The van der Waals surface area contributed by atoms with Crippen LogP contribution < -0.4 is 10.2 Å². The molecule has 0 heterocycles. The average molecular weight is 254 g/mol. The van der Waals surface area contributed by atoms with Crippen molar-refractivity contribution in [1.82, 2.24) is 5.32 Å². The fourth-order valence-electron chi connectivity index (χ4n) is 1.75. The second-order valence-electron chi connectivity index (χ2n) is 4.96. The molecule has 0 aliphatic heterocycles. The molecule has 0 spiro atoms. The van der Waals surface area contributed by atoms with E-state index >= 15 is 0 Å². The smallest absolute Gasteiger partial charge is 0.146 e. The van der Waals surface area contributed by atoms with Crippen molar-refractivity contribution in [2.75, 3.05) is 31.6 Å². The summed E-state index contributed by atoms with van der Waals surface area (Å²) in [4.78, 5) is 1.71. The van der Waals surface area contributed by atoms with Gasteiger partial charge in [0.05, 0.1) is 12.3 Å². The fraction of sp³-hybridized carbons (Fsp3) is 0.571. The van der Waals surface area contributed by atoms with Crippen LogP contribution in [0, 0.1) is 11.7 Å². The van der Waals surface area contributed by atoms with E-state index in [9.17, 15) is 4.39 Å². The summed E-state index contributed by atoms with van der Waals surface area (Å²) in [5.74, 6) is 0.347. The van der Waals surface area contributed by atoms with Crippen LogP contribution in [0.25, 0.3) is 0 Å². The van der Waals surface area contributed by atoms with Gasteiger partial charge in [-0.15, -0.1) is 0 Å². The predicted octanol–water partition coefficient (Wildman–Crippen LogP) is 2.00. The van der Waals surface area contributed by atoms with Crippen LogP contribution in [-0.2, 0) is 6.54 Å². The number of halogens is 1. The van der Waals surface area contributed by atoms with Crippen LogP contribution in [0.1, 0.15) is 19.4 Å². The molecule has 0 unspecified atom stereocenters. The minimum Gasteiger partial charge on any atom is -0.395 e. The number of likely N-dealkylation sites (N-methyl/N-ethyl adjacent to an activating group) is 1. The zero-order valence-electron chi connectivity index (χ0n) is 11.4. The molecule has 4 heteroatoms. The van der Waals surface area contributed by atoms with Gasteiger partial charge in [0, 0.05) is 20.1 Å². The van der Waals surface area contributed by atoms with Gasteiger partial charge in [-0.25, -0.2) is 4.39 Å². The maximum atomic E-state index is 13.9. The molecule has 0 amide bonds. The van der Waals surface area contributed by atoms with Gasteiger partial charge >= 0.3 is 0 Å². The fourth-order valence-corrected chi connectivity index (χ4v) is 1.75. The number of benzene rings is 1. The maximum Gasteiger partial charge on any atom is 0.146 e. The first kappa shape index (κ1) is 14.9. The van der Waals surface area contributed by atoms with Crippen LogP contribution in [-0.4, -0.2) is 31.9 Å². The number of hydrogen-bond donors (Lipinski definition) is 2. The van der Waals surface area contributed by atoms with E-state index < -0.39 is 0 Å². The number of aliphatic hydroxyl groups is 1. The van der Waals surface area contributed by atoms with E-state index in [0.29, 0.717) is 24.7 Å². The first-order valence-corrected chi connectivity index (χ1v) is 6.35. The highest BCUT2D eigenvalue weighted by Crippen LogP contribution is 2.19. The number of anilines is 1. The average Bonchev–Trinajstić information content (AvgIpc) is 2.28. The number of nitrogens with one attached hydrogen (secondary N) is 1. The topological polar surface area (TPSA) is 35.5 Å². The lowest BCUT2D eigenvalue weighted by Crippen LogP contribution is -2.22. The Morgan fingerprint density at radius 2 is 2.11 bits per heavy atom. The Morgan fingerprint density at radius 1 is 1.39 bits per heavy atom. The van der Waals surface area contributed by atoms with Gasteiger partial charge in [-0.3, -0.25) is 0 Å². The minimum absolute atomic E-state index is 0.0215.